The highest BCUT2D eigenvalue weighted by atomic mass is 35.5. The van der Waals surface area contributed by atoms with E-state index in [1.807, 2.05) is 0 Å². The van der Waals surface area contributed by atoms with Crippen molar-refractivity contribution in [2.45, 2.75) is 57.1 Å². The van der Waals surface area contributed by atoms with E-state index in [0.717, 1.165) is 37.0 Å². The second-order valence-corrected chi connectivity index (χ2v) is 8.83. The molecule has 140 valence electrons. The molecule has 26 heavy (non-hydrogen) atoms. The number of carbonyl (C=O) groups is 2. The largest absolute Gasteiger partial charge is 0.507 e. The normalized spacial score (nSPS) is 32.9. The molecule has 1 atom stereocenters. The van der Waals surface area contributed by atoms with Crippen molar-refractivity contribution in [3.8, 4) is 5.75 Å². The molecule has 1 aromatic rings. The molecule has 4 saturated carbocycles. The van der Waals surface area contributed by atoms with Gasteiger partial charge in [0.25, 0.3) is 5.91 Å². The van der Waals surface area contributed by atoms with E-state index >= 15 is 0 Å². The lowest BCUT2D eigenvalue weighted by Crippen LogP contribution is -2.61. The predicted molar refractivity (Wildman–Crippen MR) is 97.0 cm³/mol. The van der Waals surface area contributed by atoms with Gasteiger partial charge >= 0.3 is 5.97 Å². The van der Waals surface area contributed by atoms with Crippen LogP contribution in [0, 0.1) is 17.8 Å². The van der Waals surface area contributed by atoms with Crippen LogP contribution in [0.4, 0.5) is 0 Å². The first-order valence-corrected chi connectivity index (χ1v) is 9.73. The topological polar surface area (TPSA) is 75.6 Å². The molecule has 0 aliphatic heterocycles. The van der Waals surface area contributed by atoms with Crippen LogP contribution in [-0.4, -0.2) is 28.6 Å². The van der Waals surface area contributed by atoms with Crippen molar-refractivity contribution < 1.29 is 19.4 Å². The molecule has 2 N–H and O–H groups in total. The molecular weight excluding hydrogens is 354 g/mol. The van der Waals surface area contributed by atoms with Gasteiger partial charge in [0, 0.05) is 10.6 Å². The maximum atomic E-state index is 12.7. The van der Waals surface area contributed by atoms with Gasteiger partial charge in [-0.1, -0.05) is 11.6 Å². The molecule has 0 spiro atoms. The summed E-state index contributed by atoms with van der Waals surface area (Å²) in [6, 6.07) is 4.17. The van der Waals surface area contributed by atoms with E-state index in [-0.39, 0.29) is 22.8 Å². The number of amides is 1. The van der Waals surface area contributed by atoms with Crippen molar-refractivity contribution in [1.29, 1.82) is 0 Å². The maximum Gasteiger partial charge on any atom is 0.342 e. The van der Waals surface area contributed by atoms with Crippen LogP contribution in [0.3, 0.4) is 0 Å². The molecule has 5 nitrogen and oxygen atoms in total. The highest BCUT2D eigenvalue weighted by Crippen LogP contribution is 2.55. The zero-order chi connectivity index (χ0) is 18.5. The van der Waals surface area contributed by atoms with Gasteiger partial charge in [-0.2, -0.15) is 0 Å². The molecule has 5 rings (SSSR count). The molecule has 4 aliphatic carbocycles. The molecule has 4 fully saturated rings. The van der Waals surface area contributed by atoms with Gasteiger partial charge in [0.2, 0.25) is 0 Å². The van der Waals surface area contributed by atoms with Crippen LogP contribution < -0.4 is 5.32 Å². The lowest BCUT2D eigenvalue weighted by Gasteiger charge is -2.57. The van der Waals surface area contributed by atoms with Crippen molar-refractivity contribution in [1.82, 2.24) is 5.32 Å². The number of esters is 1. The van der Waals surface area contributed by atoms with Crippen LogP contribution in [0.2, 0.25) is 5.02 Å². The zero-order valence-corrected chi connectivity index (χ0v) is 15.6. The second-order valence-electron chi connectivity index (χ2n) is 8.40. The first-order valence-electron chi connectivity index (χ1n) is 9.35. The number of halogens is 1. The molecule has 0 unspecified atom stereocenters. The highest BCUT2D eigenvalue weighted by Gasteiger charge is 2.51. The Hall–Kier alpha value is -1.75. The third kappa shape index (κ3) is 3.29. The average molecular weight is 378 g/mol. The van der Waals surface area contributed by atoms with E-state index in [1.165, 1.54) is 37.5 Å². The Bertz CT molecular complexity index is 712. The molecular formula is C20H24ClNO4. The molecule has 1 amide bonds. The van der Waals surface area contributed by atoms with Gasteiger partial charge in [0.15, 0.2) is 6.10 Å². The number of hydrogen-bond donors (Lipinski definition) is 2. The first-order chi connectivity index (χ1) is 12.3. The Morgan fingerprint density at radius 2 is 1.77 bits per heavy atom. The molecule has 4 aliphatic rings. The number of benzene rings is 1. The fourth-order valence-electron chi connectivity index (χ4n) is 5.58. The Morgan fingerprint density at radius 3 is 2.31 bits per heavy atom. The van der Waals surface area contributed by atoms with E-state index in [0.29, 0.717) is 5.02 Å². The van der Waals surface area contributed by atoms with Crippen molar-refractivity contribution in [3.63, 3.8) is 0 Å². The minimum atomic E-state index is -0.911. The third-order valence-corrected chi connectivity index (χ3v) is 6.49. The summed E-state index contributed by atoms with van der Waals surface area (Å²) < 4.78 is 5.28. The van der Waals surface area contributed by atoms with E-state index in [1.54, 1.807) is 6.92 Å². The van der Waals surface area contributed by atoms with Crippen molar-refractivity contribution in [2.75, 3.05) is 0 Å². The van der Waals surface area contributed by atoms with Crippen LogP contribution in [0.1, 0.15) is 55.8 Å². The van der Waals surface area contributed by atoms with Crippen molar-refractivity contribution in [2.24, 2.45) is 17.8 Å². The summed E-state index contributed by atoms with van der Waals surface area (Å²) in [5.74, 6) is 0.943. The summed E-state index contributed by atoms with van der Waals surface area (Å²) in [5, 5.41) is 13.4. The first kappa shape index (κ1) is 17.7. The Morgan fingerprint density at radius 1 is 1.19 bits per heavy atom. The minimum Gasteiger partial charge on any atom is -0.507 e. The molecule has 4 bridgehead atoms. The van der Waals surface area contributed by atoms with Gasteiger partial charge in [0.05, 0.1) is 0 Å². The minimum absolute atomic E-state index is 0.00357. The van der Waals surface area contributed by atoms with E-state index in [2.05, 4.69) is 5.32 Å². The quantitative estimate of drug-likeness (QED) is 0.785. The summed E-state index contributed by atoms with van der Waals surface area (Å²) in [6.07, 6.45) is 6.13. The summed E-state index contributed by atoms with van der Waals surface area (Å²) in [5.41, 5.74) is -0.113. The van der Waals surface area contributed by atoms with Gasteiger partial charge in [-0.05, 0) is 81.4 Å². The van der Waals surface area contributed by atoms with Gasteiger partial charge in [0.1, 0.15) is 11.3 Å². The monoisotopic (exact) mass is 377 g/mol. The number of phenolic OH excluding ortho intramolecular Hbond substituents is 1. The van der Waals surface area contributed by atoms with Crippen molar-refractivity contribution in [3.05, 3.63) is 28.8 Å². The van der Waals surface area contributed by atoms with E-state index in [9.17, 15) is 14.7 Å². The maximum absolute atomic E-state index is 12.7. The van der Waals surface area contributed by atoms with Gasteiger partial charge in [-0.15, -0.1) is 0 Å². The standard InChI is InChI=1S/C20H24ClNO4/c1-11(26-19(25)16-3-2-15(21)7-17(16)23)18(24)22-20-8-12-4-13(9-20)6-14(5-12)10-20/h2-3,7,11-14,23H,4-6,8-10H2,1H3,(H,22,24)/t11-,12?,13?,14?,20?/m1/s1. The molecule has 1 aromatic carbocycles. The predicted octanol–water partition coefficient (Wildman–Crippen LogP) is 3.68. The Labute approximate surface area is 158 Å². The number of ether oxygens (including phenoxy) is 1. The van der Waals surface area contributed by atoms with E-state index < -0.39 is 12.1 Å². The SMILES string of the molecule is C[C@@H](OC(=O)c1ccc(Cl)cc1O)C(=O)NC12CC3CC(CC(C3)C1)C2. The van der Waals surface area contributed by atoms with Crippen LogP contribution in [0.15, 0.2) is 18.2 Å². The van der Waals surface area contributed by atoms with Gasteiger partial charge in [-0.3, -0.25) is 4.79 Å². The number of carbonyl (C=O) groups excluding carboxylic acids is 2. The van der Waals surface area contributed by atoms with Gasteiger partial charge < -0.3 is 15.2 Å². The number of aromatic hydroxyl groups is 1. The number of phenols is 1. The third-order valence-electron chi connectivity index (χ3n) is 6.26. The summed E-state index contributed by atoms with van der Waals surface area (Å²) >= 11 is 5.77. The molecule has 0 radical (unpaired) electrons. The summed E-state index contributed by atoms with van der Waals surface area (Å²) in [4.78, 5) is 24.9. The Balaban J connectivity index is 1.40. The van der Waals surface area contributed by atoms with Crippen LogP contribution >= 0.6 is 11.6 Å². The lowest BCUT2D eigenvalue weighted by molar-refractivity contribution is -0.134. The fraction of sp³-hybridized carbons (Fsp3) is 0.600. The van der Waals surface area contributed by atoms with Crippen LogP contribution in [0.25, 0.3) is 0 Å². The second kappa shape index (κ2) is 6.45. The smallest absolute Gasteiger partial charge is 0.342 e. The molecule has 6 heteroatoms. The Kier molecular flexibility index (Phi) is 4.38. The van der Waals surface area contributed by atoms with Crippen LogP contribution in [-0.2, 0) is 9.53 Å². The zero-order valence-electron chi connectivity index (χ0n) is 14.8. The fourth-order valence-corrected chi connectivity index (χ4v) is 5.75. The molecule has 0 saturated heterocycles. The molecule has 0 heterocycles. The lowest BCUT2D eigenvalue weighted by atomic mass is 9.53. The van der Waals surface area contributed by atoms with Gasteiger partial charge in [-0.25, -0.2) is 4.79 Å². The van der Waals surface area contributed by atoms with Crippen LogP contribution in [0.5, 0.6) is 5.75 Å². The van der Waals surface area contributed by atoms with E-state index in [4.69, 9.17) is 16.3 Å². The summed E-state index contributed by atoms with van der Waals surface area (Å²) in [7, 11) is 0. The number of hydrogen-bond acceptors (Lipinski definition) is 4. The summed E-state index contributed by atoms with van der Waals surface area (Å²) in [6.45, 7) is 1.57. The number of nitrogens with one attached hydrogen (secondary N) is 1. The van der Waals surface area contributed by atoms with Crippen molar-refractivity contribution >= 4 is 23.5 Å². The molecule has 0 aromatic heterocycles. The highest BCUT2D eigenvalue weighted by molar-refractivity contribution is 6.30. The average Bonchev–Trinajstić information content (AvgIpc) is 2.52. The number of rotatable bonds is 4.